The Morgan fingerprint density at radius 2 is 0.717 bits per heavy atom. The lowest BCUT2D eigenvalue weighted by Gasteiger charge is -2.14. The molecule has 0 aromatic heterocycles. The van der Waals surface area contributed by atoms with Crippen LogP contribution in [-0.4, -0.2) is 58.5 Å². The number of alkyl halides is 3. The first-order valence-electron chi connectivity index (χ1n) is 29.1. The second-order valence-electron chi connectivity index (χ2n) is 21.4. The number of hydrogen-bond acceptors (Lipinski definition) is 9. The van der Waals surface area contributed by atoms with Gasteiger partial charge in [-0.2, -0.15) is 13.2 Å². The predicted octanol–water partition coefficient (Wildman–Crippen LogP) is 15.5. The summed E-state index contributed by atoms with van der Waals surface area (Å²) in [6.07, 6.45) is -4.69. The number of nitrogens with one attached hydrogen (secondary N) is 3. The van der Waals surface area contributed by atoms with Crippen LogP contribution in [-0.2, 0) is 36.2 Å². The average Bonchev–Trinajstić information content (AvgIpc) is 0.803. The topological polar surface area (TPSA) is 250 Å². The van der Waals surface area contributed by atoms with Gasteiger partial charge in [0.2, 0.25) is 0 Å². The van der Waals surface area contributed by atoms with Crippen LogP contribution < -0.4 is 14.2 Å². The third-order valence-electron chi connectivity index (χ3n) is 14.6. The molecule has 0 unspecified atom stereocenters. The molecule has 0 bridgehead atoms. The molecular formula is C76H48F5N3O12S3. The Morgan fingerprint density at radius 3 is 1.15 bits per heavy atom. The van der Waals surface area contributed by atoms with Crippen molar-refractivity contribution in [2.24, 2.45) is 0 Å². The lowest BCUT2D eigenvalue weighted by atomic mass is 10.1. The molecule has 0 saturated heterocycles. The molecule has 0 aliphatic rings. The number of carboxylic acid groups (broad SMARTS) is 3. The van der Waals surface area contributed by atoms with Gasteiger partial charge in [0.15, 0.2) is 0 Å². The summed E-state index contributed by atoms with van der Waals surface area (Å²) in [5, 5.41) is 31.8. The molecule has 0 heterocycles. The summed E-state index contributed by atoms with van der Waals surface area (Å²) in [6.45, 7) is 0. The van der Waals surface area contributed by atoms with Gasteiger partial charge in [0.25, 0.3) is 30.1 Å². The van der Waals surface area contributed by atoms with E-state index in [9.17, 15) is 61.6 Å². The van der Waals surface area contributed by atoms with E-state index in [0.29, 0.717) is 28.1 Å². The van der Waals surface area contributed by atoms with Crippen molar-refractivity contribution in [3.05, 3.63) is 322 Å². The van der Waals surface area contributed by atoms with Crippen molar-refractivity contribution in [3.8, 4) is 35.5 Å². The lowest BCUT2D eigenvalue weighted by molar-refractivity contribution is -0.137. The Kier molecular flexibility index (Phi) is 20.7. The number of rotatable bonds is 12. The van der Waals surface area contributed by atoms with Crippen LogP contribution in [0.5, 0.6) is 0 Å². The number of aromatic carboxylic acids is 3. The third-order valence-corrected chi connectivity index (χ3v) is 18.7. The van der Waals surface area contributed by atoms with E-state index in [2.05, 4.69) is 49.7 Å². The fraction of sp³-hybridized carbons (Fsp3) is 0.0132. The van der Waals surface area contributed by atoms with Crippen LogP contribution in [0.4, 0.5) is 39.0 Å². The first kappa shape index (κ1) is 69.2. The highest BCUT2D eigenvalue weighted by molar-refractivity contribution is 7.93. The highest BCUT2D eigenvalue weighted by Gasteiger charge is 2.32. The van der Waals surface area contributed by atoms with Crippen molar-refractivity contribution in [3.63, 3.8) is 0 Å². The van der Waals surface area contributed by atoms with E-state index in [1.807, 2.05) is 54.6 Å². The summed E-state index contributed by atoms with van der Waals surface area (Å²) in [5.41, 5.74) is 0.484. The van der Waals surface area contributed by atoms with Crippen LogP contribution >= 0.6 is 0 Å². The molecule has 12 aromatic rings. The van der Waals surface area contributed by atoms with E-state index in [1.165, 1.54) is 84.9 Å². The number of para-hydroxylation sites is 1. The molecule has 0 amide bonds. The minimum atomic E-state index is -4.69. The lowest BCUT2D eigenvalue weighted by Crippen LogP contribution is -2.15. The van der Waals surface area contributed by atoms with Gasteiger partial charge < -0.3 is 15.3 Å². The smallest absolute Gasteiger partial charge is 0.416 e. The van der Waals surface area contributed by atoms with Gasteiger partial charge in [-0.15, -0.1) is 0 Å². The van der Waals surface area contributed by atoms with E-state index >= 15 is 0 Å². The minimum absolute atomic E-state index is 0.0182. The zero-order valence-corrected chi connectivity index (χ0v) is 53.3. The molecule has 12 aromatic carbocycles. The molecule has 0 spiro atoms. The van der Waals surface area contributed by atoms with E-state index in [4.69, 9.17) is 15.3 Å². The Bertz CT molecular complexity index is 5740. The first-order chi connectivity index (χ1) is 47.2. The van der Waals surface area contributed by atoms with Gasteiger partial charge in [-0.25, -0.2) is 48.4 Å². The molecule has 492 valence electrons. The maximum absolute atomic E-state index is 13.9. The number of hydrogen-bond donors (Lipinski definition) is 6. The number of halogens is 5. The van der Waals surface area contributed by atoms with Crippen molar-refractivity contribution in [1.82, 2.24) is 0 Å². The number of carboxylic acids is 3. The van der Waals surface area contributed by atoms with Crippen LogP contribution in [0.25, 0.3) is 32.3 Å². The molecule has 0 aliphatic heterocycles. The average molecular weight is 1390 g/mol. The highest BCUT2D eigenvalue weighted by Crippen LogP contribution is 2.34. The summed E-state index contributed by atoms with van der Waals surface area (Å²) < 4.78 is 153. The second-order valence-corrected chi connectivity index (χ2v) is 26.4. The molecule has 15 nitrogen and oxygen atoms in total. The molecule has 6 N–H and O–H groups in total. The van der Waals surface area contributed by atoms with Crippen molar-refractivity contribution in [2.45, 2.75) is 20.9 Å². The van der Waals surface area contributed by atoms with Gasteiger partial charge in [-0.3, -0.25) is 14.2 Å². The SMILES string of the molecule is O=C(O)c1ccc(C#Cc2cc(F)ccc2NS(=O)(=O)c2ccc3ccccc3c2)cc1.O=C(O)c1ccc(C#Cc2ccc(C(F)(F)F)cc2NS(=O)(=O)c2ccc3ccccc3c2)cc1.O=C(O)c1ccc(C#Cc2ccccc2NS(=O)(=O)c2ccc3ccccc3c2)cc1F. The molecular weight excluding hydrogens is 1340 g/mol. The molecule has 99 heavy (non-hydrogen) atoms. The number of sulfonamides is 3. The molecule has 0 fully saturated rings. The van der Waals surface area contributed by atoms with Gasteiger partial charge in [-0.05, 0) is 184 Å². The molecule has 23 heteroatoms. The number of benzene rings is 12. The molecule has 0 radical (unpaired) electrons. The number of anilines is 3. The summed E-state index contributed by atoms with van der Waals surface area (Å²) in [5.74, 6) is 11.5. The maximum atomic E-state index is 13.9. The summed E-state index contributed by atoms with van der Waals surface area (Å²) in [7, 11) is -12.1. The Hall–Kier alpha value is -12.6. The van der Waals surface area contributed by atoms with E-state index in [1.54, 1.807) is 72.8 Å². The fourth-order valence-corrected chi connectivity index (χ4v) is 12.8. The number of carbonyl (C=O) groups is 3. The largest absolute Gasteiger partial charge is 0.478 e. The van der Waals surface area contributed by atoms with E-state index in [0.717, 1.165) is 63.3 Å². The second kappa shape index (κ2) is 29.6. The third kappa shape index (κ3) is 17.7. The van der Waals surface area contributed by atoms with Crippen LogP contribution in [0.1, 0.15) is 70.0 Å². The summed E-state index contributed by atoms with van der Waals surface area (Å²) >= 11 is 0. The van der Waals surface area contributed by atoms with Gasteiger partial charge in [-0.1, -0.05) is 139 Å². The van der Waals surface area contributed by atoms with Crippen LogP contribution in [0.15, 0.2) is 269 Å². The van der Waals surface area contributed by atoms with E-state index in [-0.39, 0.29) is 59.6 Å². The van der Waals surface area contributed by atoms with Gasteiger partial charge in [0.1, 0.15) is 11.6 Å². The molecule has 0 aliphatic carbocycles. The van der Waals surface area contributed by atoms with Crippen molar-refractivity contribution >= 4 is 97.4 Å². The highest BCUT2D eigenvalue weighted by atomic mass is 32.2. The molecule has 0 saturated carbocycles. The standard InChI is InChI=1S/C26H16F3NO4S.2C25H16FNO4S/c27-26(28,29)22-13-11-19(8-5-17-6-9-20(10-7-17)25(31)32)24(16-22)30-35(33,34)23-14-12-18-3-1-2-4-21(18)15-23;26-23-15-17(10-14-22(23)25(28)29)9-11-19-6-3-4-8-24(19)27-32(30,31)21-13-12-18-5-1-2-7-20(18)16-21;26-22-12-14-24(21(15-22)10-7-17-5-8-19(9-6-17)25(28)29)27-32(30,31)23-13-11-18-3-1-2-4-20(18)16-23/h1-4,6-7,9-16,30H,(H,31,32);1-8,10,12-16,27H,(H,28,29);1-6,8-9,11-16,27H,(H,28,29). The van der Waals surface area contributed by atoms with E-state index < -0.39 is 76.9 Å². The number of fused-ring (bicyclic) bond motifs is 3. The minimum Gasteiger partial charge on any atom is -0.478 e. The van der Waals surface area contributed by atoms with Crippen molar-refractivity contribution in [1.29, 1.82) is 0 Å². The zero-order chi connectivity index (χ0) is 70.7. The Labute approximate surface area is 563 Å². The van der Waals surface area contributed by atoms with Crippen LogP contribution in [0.3, 0.4) is 0 Å². The monoisotopic (exact) mass is 1390 g/mol. The molecule has 0 atom stereocenters. The zero-order valence-electron chi connectivity index (χ0n) is 50.9. The normalized spacial score (nSPS) is 11.1. The molecule has 12 rings (SSSR count). The van der Waals surface area contributed by atoms with Crippen molar-refractivity contribution in [2.75, 3.05) is 14.2 Å². The summed E-state index contributed by atoms with van der Waals surface area (Å²) in [6, 6.07) is 63.7. The maximum Gasteiger partial charge on any atom is 0.416 e. The quantitative estimate of drug-likeness (QED) is 0.0494. The Morgan fingerprint density at radius 1 is 0.333 bits per heavy atom. The van der Waals surface area contributed by atoms with Gasteiger partial charge in [0.05, 0.1) is 59.6 Å². The first-order valence-corrected chi connectivity index (χ1v) is 33.5. The van der Waals surface area contributed by atoms with Crippen molar-refractivity contribution < 1.29 is 76.9 Å². The van der Waals surface area contributed by atoms with Crippen LogP contribution in [0.2, 0.25) is 0 Å². The predicted molar refractivity (Wildman–Crippen MR) is 367 cm³/mol. The van der Waals surface area contributed by atoms with Gasteiger partial charge in [0, 0.05) is 27.8 Å². The Balaban J connectivity index is 0.000000161. The summed E-state index contributed by atoms with van der Waals surface area (Å²) in [4.78, 5) is 32.9. The van der Waals surface area contributed by atoms with Gasteiger partial charge >= 0.3 is 24.1 Å². The fourth-order valence-electron chi connectivity index (χ4n) is 9.50. The van der Waals surface area contributed by atoms with Crippen LogP contribution in [0, 0.1) is 47.2 Å².